The largest absolute Gasteiger partial charge is 0.466 e. The van der Waals surface area contributed by atoms with E-state index in [-0.39, 0.29) is 31.0 Å². The third-order valence-electron chi connectivity index (χ3n) is 10.6. The molecule has 4 rings (SSSR count). The molecule has 12 heteroatoms. The molecule has 60 heavy (non-hydrogen) atoms. The SMILES string of the molecule is CCOC(=O)[C@](C)(CO)C[C@H](CB(C)O)Cc1ccc(-c2cccc(Cl)c2)cc1.CCOC[C@](C)(C[C@H](CB(C)O)Cc1ccc(-c2cccc(Cl)c2)cc1)C(=O)OCC. The predicted molar refractivity (Wildman–Crippen MR) is 248 cm³/mol. The van der Waals surface area contributed by atoms with Crippen molar-refractivity contribution in [1.29, 1.82) is 0 Å². The van der Waals surface area contributed by atoms with Crippen molar-refractivity contribution >= 4 is 49.0 Å². The first kappa shape index (κ1) is 50.7. The van der Waals surface area contributed by atoms with Gasteiger partial charge in [-0.25, -0.2) is 0 Å². The number of benzene rings is 4. The average Bonchev–Trinajstić information content (AvgIpc) is 3.20. The zero-order valence-corrected chi connectivity index (χ0v) is 38.0. The van der Waals surface area contributed by atoms with Crippen LogP contribution in [0.4, 0.5) is 0 Å². The number of hydrogen-bond acceptors (Lipinski definition) is 8. The highest BCUT2D eigenvalue weighted by Gasteiger charge is 2.39. The van der Waals surface area contributed by atoms with Crippen LogP contribution < -0.4 is 0 Å². The summed E-state index contributed by atoms with van der Waals surface area (Å²) < 4.78 is 16.1. The van der Waals surface area contributed by atoms with Gasteiger partial charge in [0.1, 0.15) is 0 Å². The van der Waals surface area contributed by atoms with Gasteiger partial charge in [0.15, 0.2) is 0 Å². The number of ether oxygens (including phenoxy) is 3. The second-order valence-corrected chi connectivity index (χ2v) is 17.4. The van der Waals surface area contributed by atoms with E-state index in [1.165, 1.54) is 5.56 Å². The lowest BCUT2D eigenvalue weighted by molar-refractivity contribution is -0.159. The van der Waals surface area contributed by atoms with E-state index in [0.717, 1.165) is 34.2 Å². The number of rotatable bonds is 22. The zero-order chi connectivity index (χ0) is 44.3. The Bertz CT molecular complexity index is 1890. The number of carbonyl (C=O) groups excluding carboxylic acids is 2. The summed E-state index contributed by atoms with van der Waals surface area (Å²) in [4.78, 5) is 25.0. The highest BCUT2D eigenvalue weighted by atomic mass is 35.5. The molecule has 4 atom stereocenters. The third kappa shape index (κ3) is 16.7. The first-order valence-corrected chi connectivity index (χ1v) is 21.9. The minimum atomic E-state index is -0.976. The van der Waals surface area contributed by atoms with Gasteiger partial charge in [-0.2, -0.15) is 0 Å². The fourth-order valence-electron chi connectivity index (χ4n) is 7.74. The molecule has 0 heterocycles. The van der Waals surface area contributed by atoms with Gasteiger partial charge >= 0.3 is 11.9 Å². The van der Waals surface area contributed by atoms with Crippen LogP contribution in [-0.4, -0.2) is 74.0 Å². The Morgan fingerprint density at radius 2 is 1.02 bits per heavy atom. The molecule has 0 aliphatic heterocycles. The van der Waals surface area contributed by atoms with Gasteiger partial charge in [0.05, 0.1) is 37.3 Å². The molecule has 0 saturated heterocycles. The van der Waals surface area contributed by atoms with Gasteiger partial charge in [0.25, 0.3) is 13.8 Å². The van der Waals surface area contributed by atoms with E-state index in [4.69, 9.17) is 37.4 Å². The van der Waals surface area contributed by atoms with Crippen LogP contribution in [0, 0.1) is 22.7 Å². The van der Waals surface area contributed by atoms with E-state index >= 15 is 0 Å². The molecule has 324 valence electrons. The van der Waals surface area contributed by atoms with Gasteiger partial charge in [-0.1, -0.05) is 110 Å². The Balaban J connectivity index is 0.000000321. The van der Waals surface area contributed by atoms with Crippen molar-refractivity contribution in [2.45, 2.75) is 86.6 Å². The lowest BCUT2D eigenvalue weighted by Crippen LogP contribution is -2.37. The summed E-state index contributed by atoms with van der Waals surface area (Å²) in [6, 6.07) is 32.1. The van der Waals surface area contributed by atoms with Crippen LogP contribution in [0.15, 0.2) is 97.1 Å². The lowest BCUT2D eigenvalue weighted by atomic mass is 9.60. The summed E-state index contributed by atoms with van der Waals surface area (Å²) in [6.07, 6.45) is 3.66. The van der Waals surface area contributed by atoms with Crippen LogP contribution in [0.5, 0.6) is 0 Å². The van der Waals surface area contributed by atoms with Gasteiger partial charge < -0.3 is 29.4 Å². The molecule has 0 unspecified atom stereocenters. The minimum absolute atomic E-state index is 0.0357. The van der Waals surface area contributed by atoms with Crippen molar-refractivity contribution in [3.05, 3.63) is 118 Å². The molecule has 0 aromatic heterocycles. The van der Waals surface area contributed by atoms with Gasteiger partial charge in [-0.05, 0) is 142 Å². The highest BCUT2D eigenvalue weighted by Crippen LogP contribution is 2.35. The Labute approximate surface area is 369 Å². The highest BCUT2D eigenvalue weighted by molar-refractivity contribution is 6.48. The number of carbonyl (C=O) groups is 2. The predicted octanol–water partition coefficient (Wildman–Crippen LogP) is 10.5. The molecule has 0 bridgehead atoms. The molecule has 0 saturated carbocycles. The zero-order valence-electron chi connectivity index (χ0n) is 36.5. The summed E-state index contributed by atoms with van der Waals surface area (Å²) in [5.41, 5.74) is 4.87. The summed E-state index contributed by atoms with van der Waals surface area (Å²) >= 11 is 12.2. The monoisotopic (exact) mass is 860 g/mol. The Morgan fingerprint density at radius 1 is 0.617 bits per heavy atom. The van der Waals surface area contributed by atoms with Crippen LogP contribution in [0.2, 0.25) is 36.3 Å². The van der Waals surface area contributed by atoms with Crippen molar-refractivity contribution in [2.24, 2.45) is 22.7 Å². The summed E-state index contributed by atoms with van der Waals surface area (Å²) in [5.74, 6) is -0.481. The normalized spacial score (nSPS) is 14.1. The van der Waals surface area contributed by atoms with Crippen LogP contribution in [0.25, 0.3) is 22.3 Å². The molecule has 0 radical (unpaired) electrons. The molecule has 0 aliphatic rings. The maximum absolute atomic E-state index is 12.7. The van der Waals surface area contributed by atoms with Crippen molar-refractivity contribution in [3.8, 4) is 22.3 Å². The van der Waals surface area contributed by atoms with Gasteiger partial charge in [0, 0.05) is 16.7 Å². The molecular formula is C48H64B2Cl2O8. The van der Waals surface area contributed by atoms with E-state index in [1.807, 2.05) is 69.3 Å². The standard InChI is InChI=1S/C25H34BClO4.C23H30BClO4/c1-5-30-18-25(3,24(28)31-6-2)16-20(17-26(4)29)14-19-10-12-21(13-11-19)22-8-7-9-23(27)15-22;1-4-29-22(27)23(2,16-26)14-18(15-24(3)28)12-17-8-10-19(11-9-17)20-6-5-7-21(25)13-20/h7-13,15,20,29H,5-6,14,16-18H2,1-4H3;5-11,13,18,26,28H,4,12,14-16H2,1-3H3/t20-,25+;18-,23+/m11/s1. The minimum Gasteiger partial charge on any atom is -0.466 e. The quantitative estimate of drug-likeness (QED) is 0.0527. The second-order valence-electron chi connectivity index (χ2n) is 16.5. The van der Waals surface area contributed by atoms with Crippen LogP contribution in [0.3, 0.4) is 0 Å². The van der Waals surface area contributed by atoms with E-state index in [1.54, 1.807) is 27.5 Å². The molecule has 8 nitrogen and oxygen atoms in total. The maximum Gasteiger partial charge on any atom is 0.314 e. The molecule has 4 aromatic rings. The number of aliphatic hydroxyl groups excluding tert-OH is 1. The van der Waals surface area contributed by atoms with E-state index in [9.17, 15) is 24.7 Å². The third-order valence-corrected chi connectivity index (χ3v) is 11.1. The smallest absolute Gasteiger partial charge is 0.314 e. The van der Waals surface area contributed by atoms with Crippen LogP contribution >= 0.6 is 23.2 Å². The molecule has 0 aliphatic carbocycles. The van der Waals surface area contributed by atoms with Crippen molar-refractivity contribution < 1.29 is 39.0 Å². The van der Waals surface area contributed by atoms with Crippen LogP contribution in [0.1, 0.15) is 58.6 Å². The number of hydrogen-bond donors (Lipinski definition) is 3. The molecular weight excluding hydrogens is 797 g/mol. The summed E-state index contributed by atoms with van der Waals surface area (Å²) in [5, 5.41) is 31.3. The molecule has 0 spiro atoms. The first-order chi connectivity index (χ1) is 28.5. The lowest BCUT2D eigenvalue weighted by Gasteiger charge is -2.31. The Morgan fingerprint density at radius 3 is 1.37 bits per heavy atom. The number of aliphatic hydroxyl groups is 1. The summed E-state index contributed by atoms with van der Waals surface area (Å²) in [7, 11) is 0. The van der Waals surface area contributed by atoms with E-state index in [0.29, 0.717) is 61.8 Å². The number of halogens is 2. The maximum atomic E-state index is 12.7. The van der Waals surface area contributed by atoms with E-state index in [2.05, 4.69) is 48.5 Å². The average molecular weight is 862 g/mol. The Hall–Kier alpha value is -3.63. The second kappa shape index (κ2) is 25.3. The van der Waals surface area contributed by atoms with Crippen molar-refractivity contribution in [1.82, 2.24) is 0 Å². The molecule has 4 aromatic carbocycles. The topological polar surface area (TPSA) is 123 Å². The fourth-order valence-corrected chi connectivity index (χ4v) is 8.12. The van der Waals surface area contributed by atoms with Crippen molar-refractivity contribution in [2.75, 3.05) is 33.0 Å². The van der Waals surface area contributed by atoms with Crippen LogP contribution in [-0.2, 0) is 36.6 Å². The van der Waals surface area contributed by atoms with E-state index < -0.39 is 30.6 Å². The molecule has 0 fully saturated rings. The Kier molecular flexibility index (Phi) is 21.4. The summed E-state index contributed by atoms with van der Waals surface area (Å²) in [6.45, 7) is 12.9. The fraction of sp³-hybridized carbons (Fsp3) is 0.458. The van der Waals surface area contributed by atoms with Gasteiger partial charge in [-0.3, -0.25) is 9.59 Å². The first-order valence-electron chi connectivity index (χ1n) is 21.1. The van der Waals surface area contributed by atoms with Crippen molar-refractivity contribution in [3.63, 3.8) is 0 Å². The van der Waals surface area contributed by atoms with Gasteiger partial charge in [0.2, 0.25) is 0 Å². The number of esters is 2. The van der Waals surface area contributed by atoms with Gasteiger partial charge in [-0.15, -0.1) is 0 Å². The molecule has 0 amide bonds. The molecule has 3 N–H and O–H groups in total.